The van der Waals surface area contributed by atoms with Crippen LogP contribution in [0.2, 0.25) is 0 Å². The van der Waals surface area contributed by atoms with Crippen molar-refractivity contribution in [3.05, 3.63) is 63.4 Å². The van der Waals surface area contributed by atoms with Crippen LogP contribution >= 0.6 is 0 Å². The third-order valence-electron chi connectivity index (χ3n) is 6.13. The summed E-state index contributed by atoms with van der Waals surface area (Å²) in [5, 5.41) is 1.00. The molecule has 0 bridgehead atoms. The number of fused-ring (bicyclic) bond motifs is 5. The van der Waals surface area contributed by atoms with E-state index in [-0.39, 0.29) is 25.0 Å². The number of esters is 2. The SMILES string of the molecule is CCCC(=O)O[C@]1(CC)C(=O)OCc2c1cc1n(c2=O)Cc2cc3ccccc3nc2-1. The van der Waals surface area contributed by atoms with Gasteiger partial charge in [-0.1, -0.05) is 32.0 Å². The molecule has 1 atom stereocenters. The Morgan fingerprint density at radius 2 is 2.03 bits per heavy atom. The molecule has 7 heteroatoms. The third-order valence-corrected chi connectivity index (χ3v) is 6.13. The highest BCUT2D eigenvalue weighted by molar-refractivity contribution is 5.88. The molecular weight excluding hydrogens is 396 g/mol. The molecule has 5 rings (SSSR count). The highest BCUT2D eigenvalue weighted by Crippen LogP contribution is 2.41. The van der Waals surface area contributed by atoms with E-state index >= 15 is 0 Å². The van der Waals surface area contributed by atoms with Crippen LogP contribution in [0, 0.1) is 0 Å². The third kappa shape index (κ3) is 2.80. The molecule has 0 saturated heterocycles. The normalized spacial score (nSPS) is 18.8. The van der Waals surface area contributed by atoms with Gasteiger partial charge in [-0.05, 0) is 31.0 Å². The van der Waals surface area contributed by atoms with Gasteiger partial charge in [-0.15, -0.1) is 0 Å². The highest BCUT2D eigenvalue weighted by atomic mass is 16.6. The van der Waals surface area contributed by atoms with E-state index in [1.54, 1.807) is 17.6 Å². The zero-order valence-electron chi connectivity index (χ0n) is 17.4. The molecule has 2 aliphatic rings. The lowest BCUT2D eigenvalue weighted by Gasteiger charge is -2.35. The number of nitrogens with zero attached hydrogens (tertiary/aromatic N) is 2. The van der Waals surface area contributed by atoms with Crippen molar-refractivity contribution in [2.75, 3.05) is 0 Å². The van der Waals surface area contributed by atoms with Gasteiger partial charge in [0, 0.05) is 22.9 Å². The van der Waals surface area contributed by atoms with Crippen LogP contribution in [0.5, 0.6) is 0 Å². The Hall–Kier alpha value is -3.48. The monoisotopic (exact) mass is 418 g/mol. The lowest BCUT2D eigenvalue weighted by molar-refractivity contribution is -0.189. The lowest BCUT2D eigenvalue weighted by Crippen LogP contribution is -2.47. The predicted octanol–water partition coefficient (Wildman–Crippen LogP) is 3.43. The van der Waals surface area contributed by atoms with Crippen LogP contribution in [-0.4, -0.2) is 21.5 Å². The molecule has 0 radical (unpaired) electrons. The largest absolute Gasteiger partial charge is 0.457 e. The summed E-state index contributed by atoms with van der Waals surface area (Å²) in [5.41, 5.74) is 2.01. The summed E-state index contributed by atoms with van der Waals surface area (Å²) in [6, 6.07) is 11.6. The summed E-state index contributed by atoms with van der Waals surface area (Å²) < 4.78 is 12.7. The fourth-order valence-corrected chi connectivity index (χ4v) is 4.53. The Labute approximate surface area is 178 Å². The van der Waals surface area contributed by atoms with Crippen LogP contribution in [-0.2, 0) is 37.8 Å². The van der Waals surface area contributed by atoms with Crippen LogP contribution in [0.1, 0.15) is 49.8 Å². The van der Waals surface area contributed by atoms with Gasteiger partial charge >= 0.3 is 11.9 Å². The number of ether oxygens (including phenoxy) is 2. The van der Waals surface area contributed by atoms with Crippen molar-refractivity contribution in [2.24, 2.45) is 0 Å². The number of rotatable bonds is 4. The molecule has 2 aromatic heterocycles. The molecule has 0 unspecified atom stereocenters. The molecule has 0 spiro atoms. The Bertz CT molecular complexity index is 1310. The molecule has 158 valence electrons. The average molecular weight is 418 g/mol. The average Bonchev–Trinajstić information content (AvgIpc) is 3.12. The van der Waals surface area contributed by atoms with E-state index in [0.29, 0.717) is 35.5 Å². The number of carbonyl (C=O) groups excluding carboxylic acids is 2. The Morgan fingerprint density at radius 3 is 2.81 bits per heavy atom. The molecular formula is C24H22N2O5. The van der Waals surface area contributed by atoms with Crippen molar-refractivity contribution in [3.8, 4) is 11.4 Å². The second kappa shape index (κ2) is 7.04. The maximum Gasteiger partial charge on any atom is 0.355 e. The lowest BCUT2D eigenvalue weighted by atomic mass is 9.85. The first-order valence-corrected chi connectivity index (χ1v) is 10.5. The summed E-state index contributed by atoms with van der Waals surface area (Å²) in [7, 11) is 0. The molecule has 0 saturated carbocycles. The zero-order chi connectivity index (χ0) is 21.8. The molecule has 0 amide bonds. The minimum Gasteiger partial charge on any atom is -0.457 e. The smallest absolute Gasteiger partial charge is 0.355 e. The molecule has 7 nitrogen and oxygen atoms in total. The van der Waals surface area contributed by atoms with E-state index < -0.39 is 17.5 Å². The van der Waals surface area contributed by atoms with Gasteiger partial charge in [0.25, 0.3) is 5.56 Å². The van der Waals surface area contributed by atoms with Gasteiger partial charge in [0.1, 0.15) is 6.61 Å². The first kappa shape index (κ1) is 19.5. The Morgan fingerprint density at radius 1 is 1.23 bits per heavy atom. The van der Waals surface area contributed by atoms with Crippen molar-refractivity contribution in [1.29, 1.82) is 0 Å². The topological polar surface area (TPSA) is 87.5 Å². The van der Waals surface area contributed by atoms with Crippen LogP contribution < -0.4 is 5.56 Å². The number of aromatic nitrogens is 2. The summed E-state index contributed by atoms with van der Waals surface area (Å²) in [4.78, 5) is 43.4. The van der Waals surface area contributed by atoms with Gasteiger partial charge in [0.05, 0.1) is 29.0 Å². The van der Waals surface area contributed by atoms with Gasteiger partial charge in [-0.2, -0.15) is 0 Å². The van der Waals surface area contributed by atoms with Gasteiger partial charge < -0.3 is 14.0 Å². The summed E-state index contributed by atoms with van der Waals surface area (Å²) in [6.45, 7) is 3.88. The van der Waals surface area contributed by atoms with Gasteiger partial charge in [0.2, 0.25) is 5.60 Å². The maximum atomic E-state index is 13.4. The molecule has 0 aliphatic carbocycles. The molecule has 0 N–H and O–H groups in total. The fraction of sp³-hybridized carbons (Fsp3) is 0.333. The predicted molar refractivity (Wildman–Crippen MR) is 113 cm³/mol. The summed E-state index contributed by atoms with van der Waals surface area (Å²) in [5.74, 6) is -1.12. The molecule has 3 aromatic rings. The number of pyridine rings is 2. The van der Waals surface area contributed by atoms with Crippen molar-refractivity contribution >= 4 is 22.8 Å². The summed E-state index contributed by atoms with van der Waals surface area (Å²) >= 11 is 0. The maximum absolute atomic E-state index is 13.4. The molecule has 0 fully saturated rings. The number of hydrogen-bond acceptors (Lipinski definition) is 6. The van der Waals surface area contributed by atoms with Crippen molar-refractivity contribution < 1.29 is 19.1 Å². The van der Waals surface area contributed by atoms with Gasteiger partial charge in [-0.3, -0.25) is 9.59 Å². The van der Waals surface area contributed by atoms with E-state index in [0.717, 1.165) is 16.5 Å². The van der Waals surface area contributed by atoms with Gasteiger partial charge in [-0.25, -0.2) is 9.78 Å². The van der Waals surface area contributed by atoms with E-state index in [1.165, 1.54) is 0 Å². The van der Waals surface area contributed by atoms with Crippen LogP contribution in [0.15, 0.2) is 41.2 Å². The minimum atomic E-state index is -1.62. The summed E-state index contributed by atoms with van der Waals surface area (Å²) in [6.07, 6.45) is 0.956. The van der Waals surface area contributed by atoms with E-state index in [2.05, 4.69) is 0 Å². The van der Waals surface area contributed by atoms with Gasteiger partial charge in [0.15, 0.2) is 0 Å². The highest BCUT2D eigenvalue weighted by Gasteiger charge is 2.50. The fourth-order valence-electron chi connectivity index (χ4n) is 4.53. The molecule has 2 aliphatic heterocycles. The Balaban J connectivity index is 1.73. The van der Waals surface area contributed by atoms with Crippen molar-refractivity contribution in [3.63, 3.8) is 0 Å². The zero-order valence-corrected chi connectivity index (χ0v) is 17.4. The van der Waals surface area contributed by atoms with Crippen LogP contribution in [0.25, 0.3) is 22.3 Å². The van der Waals surface area contributed by atoms with Crippen molar-refractivity contribution in [1.82, 2.24) is 9.55 Å². The second-order valence-electron chi connectivity index (χ2n) is 7.98. The number of para-hydroxylation sites is 1. The van der Waals surface area contributed by atoms with E-state index in [4.69, 9.17) is 14.5 Å². The molecule has 31 heavy (non-hydrogen) atoms. The van der Waals surface area contributed by atoms with Crippen LogP contribution in [0.4, 0.5) is 0 Å². The molecule has 1 aromatic carbocycles. The molecule has 4 heterocycles. The van der Waals surface area contributed by atoms with Crippen molar-refractivity contribution in [2.45, 2.75) is 51.9 Å². The number of benzene rings is 1. The van der Waals surface area contributed by atoms with E-state index in [1.807, 2.05) is 37.3 Å². The first-order chi connectivity index (χ1) is 15.0. The number of carbonyl (C=O) groups is 2. The quantitative estimate of drug-likeness (QED) is 0.472. The number of hydrogen-bond donors (Lipinski definition) is 0. The minimum absolute atomic E-state index is 0.133. The second-order valence-corrected chi connectivity index (χ2v) is 7.98. The number of cyclic esters (lactones) is 1. The van der Waals surface area contributed by atoms with Crippen LogP contribution in [0.3, 0.4) is 0 Å². The Kier molecular flexibility index (Phi) is 4.43. The first-order valence-electron chi connectivity index (χ1n) is 10.5. The standard InChI is InChI=1S/C24H22N2O5/c1-3-7-20(27)31-24(4-2)17-11-19-21-15(10-14-8-5-6-9-18(14)25-21)12-26(19)22(28)16(17)13-30-23(24)29/h5-6,8-11H,3-4,7,12-13H2,1-2H3/t24-/m0/s1. The van der Waals surface area contributed by atoms with E-state index in [9.17, 15) is 14.4 Å².